The Morgan fingerprint density at radius 2 is 1.88 bits per heavy atom. The molecule has 1 aromatic heterocycles. The van der Waals surface area contributed by atoms with Gasteiger partial charge in [0, 0.05) is 19.6 Å². The zero-order chi connectivity index (χ0) is 21.8. The number of benzene rings is 2. The average Bonchev–Trinajstić information content (AvgIpc) is 2.75. The van der Waals surface area contributed by atoms with E-state index in [0.717, 1.165) is 35.8 Å². The van der Waals surface area contributed by atoms with Gasteiger partial charge in [-0.2, -0.15) is 9.37 Å². The number of rotatable bonds is 6. The second-order valence-electron chi connectivity index (χ2n) is 7.21. The fourth-order valence-corrected chi connectivity index (χ4v) is 3.51. The Balaban J connectivity index is 0.00000193. The van der Waals surface area contributed by atoms with Gasteiger partial charge in [-0.25, -0.2) is 0 Å². The Bertz CT molecular complexity index is 1110. The van der Waals surface area contributed by atoms with E-state index < -0.39 is 11.9 Å². The lowest BCUT2D eigenvalue weighted by molar-refractivity contribution is 0.0342. The van der Waals surface area contributed by atoms with Crippen molar-refractivity contribution in [2.45, 2.75) is 6.54 Å². The van der Waals surface area contributed by atoms with Crippen molar-refractivity contribution in [3.8, 4) is 28.5 Å². The number of carbonyl (C=O) groups is 1. The maximum Gasteiger partial charge on any atom is 0.254 e. The first kappa shape index (κ1) is 26.3. The molecule has 0 radical (unpaired) electrons. The summed E-state index contributed by atoms with van der Waals surface area (Å²) in [6.45, 7) is 3.66. The van der Waals surface area contributed by atoms with E-state index in [-0.39, 0.29) is 42.0 Å². The summed E-state index contributed by atoms with van der Waals surface area (Å²) >= 11 is 0. The minimum absolute atomic E-state index is 0. The van der Waals surface area contributed by atoms with Crippen LogP contribution < -0.4 is 10.5 Å². The van der Waals surface area contributed by atoms with Crippen LogP contribution in [0.1, 0.15) is 15.9 Å². The molecule has 1 aliphatic rings. The number of carbonyl (C=O) groups excluding carboxylic acids is 1. The van der Waals surface area contributed by atoms with Gasteiger partial charge < -0.3 is 20.3 Å². The van der Waals surface area contributed by atoms with Crippen molar-refractivity contribution in [1.29, 1.82) is 0 Å². The van der Waals surface area contributed by atoms with E-state index in [2.05, 4.69) is 9.88 Å². The van der Waals surface area contributed by atoms with Gasteiger partial charge >= 0.3 is 0 Å². The third kappa shape index (κ3) is 6.55. The van der Waals surface area contributed by atoms with Crippen molar-refractivity contribution in [2.75, 3.05) is 26.3 Å². The molecule has 4 rings (SSSR count). The molecule has 2 aromatic carbocycles. The Morgan fingerprint density at radius 1 is 1.12 bits per heavy atom. The van der Waals surface area contributed by atoms with E-state index in [1.165, 1.54) is 6.07 Å². The molecule has 176 valence electrons. The first-order valence-corrected chi connectivity index (χ1v) is 9.86. The topological polar surface area (TPSA) is 97.9 Å². The molecule has 0 spiro atoms. The van der Waals surface area contributed by atoms with Gasteiger partial charge in [0.2, 0.25) is 11.8 Å². The highest BCUT2D eigenvalue weighted by molar-refractivity contribution is 5.95. The van der Waals surface area contributed by atoms with Gasteiger partial charge in [0.25, 0.3) is 5.91 Å². The molecule has 3 N–H and O–H groups in total. The van der Waals surface area contributed by atoms with E-state index in [4.69, 9.17) is 15.2 Å². The molecule has 1 saturated heterocycles. The number of amides is 1. The van der Waals surface area contributed by atoms with Crippen LogP contribution in [-0.4, -0.2) is 47.2 Å². The third-order valence-electron chi connectivity index (χ3n) is 5.04. The van der Waals surface area contributed by atoms with Gasteiger partial charge in [-0.15, -0.1) is 24.8 Å². The molecule has 1 fully saturated rings. The molecular weight excluding hydrogens is 472 g/mol. The molecule has 1 aliphatic heterocycles. The quantitative estimate of drug-likeness (QED) is 0.498. The average molecular weight is 496 g/mol. The fraction of sp³-hybridized carbons (Fsp3) is 0.217. The predicted molar refractivity (Wildman–Crippen MR) is 127 cm³/mol. The number of nitrogens with two attached hydrogens (primary N) is 1. The Kier molecular flexibility index (Phi) is 9.43. The first-order chi connectivity index (χ1) is 15.0. The van der Waals surface area contributed by atoms with Crippen LogP contribution >= 0.6 is 24.8 Å². The number of phenolic OH excluding ortho intramolecular Hbond substituents is 1. The molecule has 0 bridgehead atoms. The maximum absolute atomic E-state index is 13.6. The van der Waals surface area contributed by atoms with Crippen LogP contribution in [-0.2, 0) is 11.3 Å². The molecule has 7 nitrogen and oxygen atoms in total. The number of nitrogens with zero attached hydrogens (tertiary/aromatic N) is 2. The molecule has 2 heterocycles. The van der Waals surface area contributed by atoms with Crippen LogP contribution in [0.4, 0.5) is 4.39 Å². The number of morpholine rings is 1. The molecule has 3 aromatic rings. The Labute approximate surface area is 203 Å². The molecule has 0 saturated carbocycles. The molecule has 0 unspecified atom stereocenters. The Hall–Kier alpha value is -2.91. The number of halogens is 3. The SMILES string of the molecule is Cl.Cl.NC(=O)c1ccc(F)nc1Oc1cccc(-c2ccc(O)cc2CN2CCOCC2)c1. The Morgan fingerprint density at radius 3 is 2.61 bits per heavy atom. The monoisotopic (exact) mass is 495 g/mol. The van der Waals surface area contributed by atoms with E-state index in [1.54, 1.807) is 30.3 Å². The van der Waals surface area contributed by atoms with E-state index >= 15 is 0 Å². The van der Waals surface area contributed by atoms with Crippen LogP contribution in [0.5, 0.6) is 17.4 Å². The van der Waals surface area contributed by atoms with Gasteiger partial charge in [0.15, 0.2) is 0 Å². The normalized spacial score (nSPS) is 13.5. The highest BCUT2D eigenvalue weighted by Gasteiger charge is 2.16. The third-order valence-corrected chi connectivity index (χ3v) is 5.04. The number of aromatic nitrogens is 1. The van der Waals surface area contributed by atoms with Crippen molar-refractivity contribution in [3.05, 3.63) is 71.7 Å². The van der Waals surface area contributed by atoms with Crippen LogP contribution in [0.3, 0.4) is 0 Å². The summed E-state index contributed by atoms with van der Waals surface area (Å²) in [6.07, 6.45) is 0. The van der Waals surface area contributed by atoms with Crippen LogP contribution in [0.25, 0.3) is 11.1 Å². The standard InChI is InChI=1S/C23H22FN3O4.2ClH/c24-21-7-6-20(22(25)29)23(26-21)31-18-3-1-2-15(13-18)19-5-4-17(28)12-16(19)14-27-8-10-30-11-9-27;;/h1-7,12-13,28H,8-11,14H2,(H2,25,29);2*1H. The number of primary amides is 1. The zero-order valence-electron chi connectivity index (χ0n) is 17.6. The fourth-order valence-electron chi connectivity index (χ4n) is 3.51. The van der Waals surface area contributed by atoms with Gasteiger partial charge in [-0.05, 0) is 53.1 Å². The molecule has 1 amide bonds. The molecule has 33 heavy (non-hydrogen) atoms. The van der Waals surface area contributed by atoms with E-state index in [9.17, 15) is 14.3 Å². The minimum atomic E-state index is -0.775. The summed E-state index contributed by atoms with van der Waals surface area (Å²) < 4.78 is 24.7. The smallest absolute Gasteiger partial charge is 0.254 e. The van der Waals surface area contributed by atoms with E-state index in [0.29, 0.717) is 25.5 Å². The number of ether oxygens (including phenoxy) is 2. The minimum Gasteiger partial charge on any atom is -0.508 e. The second-order valence-corrected chi connectivity index (χ2v) is 7.21. The van der Waals surface area contributed by atoms with Crippen molar-refractivity contribution in [1.82, 2.24) is 9.88 Å². The lowest BCUT2D eigenvalue weighted by atomic mass is 9.98. The number of hydrogen-bond donors (Lipinski definition) is 2. The van der Waals surface area contributed by atoms with Crippen molar-refractivity contribution < 1.29 is 23.8 Å². The maximum atomic E-state index is 13.6. The largest absolute Gasteiger partial charge is 0.508 e. The predicted octanol–water partition coefficient (Wildman–Crippen LogP) is 4.16. The molecule has 0 aliphatic carbocycles. The lowest BCUT2D eigenvalue weighted by Crippen LogP contribution is -2.35. The van der Waals surface area contributed by atoms with Crippen molar-refractivity contribution in [2.24, 2.45) is 5.73 Å². The summed E-state index contributed by atoms with van der Waals surface area (Å²) in [7, 11) is 0. The number of aromatic hydroxyl groups is 1. The highest BCUT2D eigenvalue weighted by Crippen LogP contribution is 2.32. The van der Waals surface area contributed by atoms with E-state index in [1.807, 2.05) is 12.1 Å². The summed E-state index contributed by atoms with van der Waals surface area (Å²) in [5.41, 5.74) is 8.07. The highest BCUT2D eigenvalue weighted by atomic mass is 35.5. The van der Waals surface area contributed by atoms with Crippen LogP contribution in [0, 0.1) is 5.95 Å². The molecule has 0 atom stereocenters. The van der Waals surface area contributed by atoms with Gasteiger partial charge in [-0.3, -0.25) is 9.69 Å². The lowest BCUT2D eigenvalue weighted by Gasteiger charge is -2.27. The van der Waals surface area contributed by atoms with Gasteiger partial charge in [0.05, 0.1) is 13.2 Å². The summed E-state index contributed by atoms with van der Waals surface area (Å²) in [5.74, 6) is -1.16. The second kappa shape index (κ2) is 11.8. The van der Waals surface area contributed by atoms with Crippen molar-refractivity contribution >= 4 is 30.7 Å². The molecular formula is C23H24Cl2FN3O4. The van der Waals surface area contributed by atoms with Crippen LogP contribution in [0.2, 0.25) is 0 Å². The number of pyridine rings is 1. The van der Waals surface area contributed by atoms with Crippen LogP contribution in [0.15, 0.2) is 54.6 Å². The summed E-state index contributed by atoms with van der Waals surface area (Å²) in [4.78, 5) is 17.5. The zero-order valence-corrected chi connectivity index (χ0v) is 19.2. The number of phenols is 1. The number of hydrogen-bond acceptors (Lipinski definition) is 6. The summed E-state index contributed by atoms with van der Waals surface area (Å²) in [5, 5.41) is 10.0. The molecule has 10 heteroatoms. The van der Waals surface area contributed by atoms with Gasteiger partial charge in [-0.1, -0.05) is 18.2 Å². The summed E-state index contributed by atoms with van der Waals surface area (Å²) in [6, 6.07) is 14.7. The van der Waals surface area contributed by atoms with Crippen molar-refractivity contribution in [3.63, 3.8) is 0 Å². The van der Waals surface area contributed by atoms with Gasteiger partial charge in [0.1, 0.15) is 17.1 Å². The first-order valence-electron chi connectivity index (χ1n) is 9.86.